The second kappa shape index (κ2) is 7.49. The maximum atomic E-state index is 12.8. The van der Waals surface area contributed by atoms with Crippen molar-refractivity contribution in [1.29, 1.82) is 0 Å². The first-order valence-electron chi connectivity index (χ1n) is 8.53. The SMILES string of the molecule is COc1ccc(CNC(=O)CN2C(=O)NC(C)(c3ccccc3)C2=O)cc1. The van der Waals surface area contributed by atoms with Crippen LogP contribution in [-0.2, 0) is 21.7 Å². The van der Waals surface area contributed by atoms with Crippen LogP contribution in [0, 0.1) is 0 Å². The summed E-state index contributed by atoms with van der Waals surface area (Å²) in [7, 11) is 1.58. The number of carbonyl (C=O) groups is 3. The third kappa shape index (κ3) is 3.76. The molecule has 1 aliphatic heterocycles. The summed E-state index contributed by atoms with van der Waals surface area (Å²) >= 11 is 0. The Morgan fingerprint density at radius 1 is 1.11 bits per heavy atom. The van der Waals surface area contributed by atoms with Crippen LogP contribution in [0.3, 0.4) is 0 Å². The molecule has 0 bridgehead atoms. The smallest absolute Gasteiger partial charge is 0.325 e. The number of nitrogens with zero attached hydrogens (tertiary/aromatic N) is 1. The number of hydrogen-bond acceptors (Lipinski definition) is 4. The number of carbonyl (C=O) groups excluding carboxylic acids is 3. The number of urea groups is 1. The van der Waals surface area contributed by atoms with Crippen molar-refractivity contribution in [3.05, 3.63) is 65.7 Å². The number of rotatable bonds is 6. The molecule has 1 fully saturated rings. The molecule has 4 amide bonds. The van der Waals surface area contributed by atoms with Gasteiger partial charge in [-0.3, -0.25) is 14.5 Å². The molecule has 2 aromatic rings. The van der Waals surface area contributed by atoms with Gasteiger partial charge in [-0.05, 0) is 30.2 Å². The highest BCUT2D eigenvalue weighted by Gasteiger charge is 2.49. The highest BCUT2D eigenvalue weighted by molar-refractivity contribution is 6.09. The number of nitrogens with one attached hydrogen (secondary N) is 2. The third-order valence-electron chi connectivity index (χ3n) is 4.58. The predicted octanol–water partition coefficient (Wildman–Crippen LogP) is 1.78. The highest BCUT2D eigenvalue weighted by atomic mass is 16.5. The monoisotopic (exact) mass is 367 g/mol. The number of hydrogen-bond donors (Lipinski definition) is 2. The van der Waals surface area contributed by atoms with Crippen molar-refractivity contribution >= 4 is 17.8 Å². The summed E-state index contributed by atoms with van der Waals surface area (Å²) in [6.45, 7) is 1.60. The molecular formula is C20H21N3O4. The van der Waals surface area contributed by atoms with E-state index >= 15 is 0 Å². The molecule has 2 aromatic carbocycles. The number of ether oxygens (including phenoxy) is 1. The Morgan fingerprint density at radius 2 is 1.78 bits per heavy atom. The summed E-state index contributed by atoms with van der Waals surface area (Å²) in [4.78, 5) is 38.2. The third-order valence-corrected chi connectivity index (χ3v) is 4.58. The Bertz CT molecular complexity index is 851. The van der Waals surface area contributed by atoms with E-state index in [4.69, 9.17) is 4.74 Å². The van der Waals surface area contributed by atoms with Gasteiger partial charge in [-0.2, -0.15) is 0 Å². The molecule has 2 N–H and O–H groups in total. The highest BCUT2D eigenvalue weighted by Crippen LogP contribution is 2.28. The Labute approximate surface area is 157 Å². The van der Waals surface area contributed by atoms with Crippen LogP contribution in [0.4, 0.5) is 4.79 Å². The van der Waals surface area contributed by atoms with Crippen LogP contribution in [0.2, 0.25) is 0 Å². The minimum absolute atomic E-state index is 0.294. The molecule has 0 aromatic heterocycles. The van der Waals surface area contributed by atoms with E-state index in [1.54, 1.807) is 50.4 Å². The van der Waals surface area contributed by atoms with Gasteiger partial charge < -0.3 is 15.4 Å². The molecular weight excluding hydrogens is 346 g/mol. The van der Waals surface area contributed by atoms with E-state index in [-0.39, 0.29) is 6.54 Å². The molecule has 1 heterocycles. The van der Waals surface area contributed by atoms with Gasteiger partial charge in [0.25, 0.3) is 5.91 Å². The van der Waals surface area contributed by atoms with Gasteiger partial charge in [-0.1, -0.05) is 42.5 Å². The topological polar surface area (TPSA) is 87.7 Å². The average molecular weight is 367 g/mol. The summed E-state index contributed by atoms with van der Waals surface area (Å²) in [5.74, 6) is -0.130. The average Bonchev–Trinajstić information content (AvgIpc) is 2.91. The van der Waals surface area contributed by atoms with Gasteiger partial charge in [0.15, 0.2) is 0 Å². The largest absolute Gasteiger partial charge is 0.497 e. The predicted molar refractivity (Wildman–Crippen MR) is 98.9 cm³/mol. The first-order chi connectivity index (χ1) is 12.9. The van der Waals surface area contributed by atoms with Gasteiger partial charge in [-0.15, -0.1) is 0 Å². The fourth-order valence-corrected chi connectivity index (χ4v) is 2.95. The minimum atomic E-state index is -1.17. The first-order valence-corrected chi connectivity index (χ1v) is 8.53. The van der Waals surface area contributed by atoms with Crippen molar-refractivity contribution in [2.75, 3.05) is 13.7 Å². The standard InChI is InChI=1S/C20H21N3O4/c1-20(15-6-4-3-5-7-15)18(25)23(19(26)22-20)13-17(24)21-12-14-8-10-16(27-2)11-9-14/h3-11H,12-13H2,1-2H3,(H,21,24)(H,22,26). The Morgan fingerprint density at radius 3 is 2.41 bits per heavy atom. The van der Waals surface area contributed by atoms with Gasteiger partial charge in [0, 0.05) is 6.54 Å². The van der Waals surface area contributed by atoms with Gasteiger partial charge in [-0.25, -0.2) is 4.79 Å². The zero-order valence-electron chi connectivity index (χ0n) is 15.2. The van der Waals surface area contributed by atoms with E-state index in [9.17, 15) is 14.4 Å². The lowest BCUT2D eigenvalue weighted by Gasteiger charge is -2.22. The van der Waals surface area contributed by atoms with E-state index in [1.165, 1.54) is 0 Å². The second-order valence-electron chi connectivity index (χ2n) is 6.44. The van der Waals surface area contributed by atoms with E-state index in [2.05, 4.69) is 10.6 Å². The second-order valence-corrected chi connectivity index (χ2v) is 6.44. The molecule has 1 saturated heterocycles. The van der Waals surface area contributed by atoms with Crippen LogP contribution < -0.4 is 15.4 Å². The quantitative estimate of drug-likeness (QED) is 0.762. The van der Waals surface area contributed by atoms with Crippen molar-refractivity contribution in [2.45, 2.75) is 19.0 Å². The van der Waals surface area contributed by atoms with E-state index in [1.807, 2.05) is 18.2 Å². The van der Waals surface area contributed by atoms with Gasteiger partial charge >= 0.3 is 6.03 Å². The fraction of sp³-hybridized carbons (Fsp3) is 0.250. The minimum Gasteiger partial charge on any atom is -0.497 e. The van der Waals surface area contributed by atoms with Crippen LogP contribution in [0.25, 0.3) is 0 Å². The van der Waals surface area contributed by atoms with Gasteiger partial charge in [0.2, 0.25) is 5.91 Å². The number of methoxy groups -OCH3 is 1. The zero-order chi connectivity index (χ0) is 19.4. The van der Waals surface area contributed by atoms with E-state index in [0.29, 0.717) is 12.1 Å². The number of benzene rings is 2. The van der Waals surface area contributed by atoms with Gasteiger partial charge in [0.05, 0.1) is 7.11 Å². The normalized spacial score (nSPS) is 19.0. The molecule has 1 atom stereocenters. The summed E-state index contributed by atoms with van der Waals surface area (Å²) in [6, 6.07) is 15.6. The van der Waals surface area contributed by atoms with Crippen LogP contribution in [0.1, 0.15) is 18.1 Å². The lowest BCUT2D eigenvalue weighted by Crippen LogP contribution is -2.43. The molecule has 0 spiro atoms. The molecule has 0 aliphatic carbocycles. The maximum absolute atomic E-state index is 12.8. The Kier molecular flexibility index (Phi) is 5.12. The molecule has 0 saturated carbocycles. The van der Waals surface area contributed by atoms with Gasteiger partial charge in [0.1, 0.15) is 17.8 Å². The first kappa shape index (κ1) is 18.4. The summed E-state index contributed by atoms with van der Waals surface area (Å²) < 4.78 is 5.09. The Balaban J connectivity index is 1.62. The lowest BCUT2D eigenvalue weighted by molar-refractivity contribution is -0.134. The van der Waals surface area contributed by atoms with E-state index < -0.39 is 23.4 Å². The van der Waals surface area contributed by atoms with Crippen LogP contribution in [-0.4, -0.2) is 36.4 Å². The number of amides is 4. The molecule has 7 nitrogen and oxygen atoms in total. The summed E-state index contributed by atoms with van der Waals surface area (Å²) in [5, 5.41) is 5.40. The van der Waals surface area contributed by atoms with E-state index in [0.717, 1.165) is 16.2 Å². The van der Waals surface area contributed by atoms with Crippen molar-refractivity contribution in [2.24, 2.45) is 0 Å². The van der Waals surface area contributed by atoms with Crippen molar-refractivity contribution in [3.8, 4) is 5.75 Å². The fourth-order valence-electron chi connectivity index (χ4n) is 2.95. The molecule has 140 valence electrons. The molecule has 1 unspecified atom stereocenters. The number of imide groups is 1. The van der Waals surface area contributed by atoms with Crippen molar-refractivity contribution in [3.63, 3.8) is 0 Å². The lowest BCUT2D eigenvalue weighted by atomic mass is 9.92. The summed E-state index contributed by atoms with van der Waals surface area (Å²) in [6.07, 6.45) is 0. The zero-order valence-corrected chi connectivity index (χ0v) is 15.2. The molecule has 3 rings (SSSR count). The van der Waals surface area contributed by atoms with Crippen LogP contribution >= 0.6 is 0 Å². The molecule has 27 heavy (non-hydrogen) atoms. The summed E-state index contributed by atoms with van der Waals surface area (Å²) in [5.41, 5.74) is 0.384. The molecule has 1 aliphatic rings. The molecule has 0 radical (unpaired) electrons. The van der Waals surface area contributed by atoms with Crippen LogP contribution in [0.15, 0.2) is 54.6 Å². The Hall–Kier alpha value is -3.35. The van der Waals surface area contributed by atoms with Crippen molar-refractivity contribution < 1.29 is 19.1 Å². The van der Waals surface area contributed by atoms with Crippen LogP contribution in [0.5, 0.6) is 5.75 Å². The maximum Gasteiger partial charge on any atom is 0.325 e. The van der Waals surface area contributed by atoms with Crippen molar-refractivity contribution in [1.82, 2.24) is 15.5 Å². The molecule has 7 heteroatoms.